The second-order valence-corrected chi connectivity index (χ2v) is 5.42. The summed E-state index contributed by atoms with van der Waals surface area (Å²) in [5.74, 6) is 2.68. The number of para-hydroxylation sites is 2. The van der Waals surface area contributed by atoms with Crippen LogP contribution in [0.5, 0.6) is 11.5 Å². The smallest absolute Gasteiger partial charge is 0.130 e. The molecule has 3 rings (SSSR count). The summed E-state index contributed by atoms with van der Waals surface area (Å²) in [6, 6.07) is 18.4. The van der Waals surface area contributed by atoms with Crippen LogP contribution in [0.2, 0.25) is 0 Å². The molecule has 0 atom stereocenters. The molecular formula is C18H21NO. The number of ether oxygens (including phenoxy) is 1. The Labute approximate surface area is 120 Å². The van der Waals surface area contributed by atoms with E-state index in [2.05, 4.69) is 23.5 Å². The largest absolute Gasteiger partial charge is 0.457 e. The van der Waals surface area contributed by atoms with Gasteiger partial charge in [-0.2, -0.15) is 0 Å². The van der Waals surface area contributed by atoms with E-state index in [4.69, 9.17) is 4.74 Å². The Morgan fingerprint density at radius 3 is 2.40 bits per heavy atom. The molecule has 2 heteroatoms. The lowest BCUT2D eigenvalue weighted by Crippen LogP contribution is -2.28. The molecule has 0 spiro atoms. The fourth-order valence-corrected chi connectivity index (χ4v) is 2.78. The molecule has 1 fully saturated rings. The molecule has 0 bridgehead atoms. The number of piperidine rings is 1. The van der Waals surface area contributed by atoms with Crippen molar-refractivity contribution in [2.75, 3.05) is 13.1 Å². The summed E-state index contributed by atoms with van der Waals surface area (Å²) in [4.78, 5) is 0. The second kappa shape index (κ2) is 6.58. The van der Waals surface area contributed by atoms with Gasteiger partial charge in [-0.05, 0) is 62.0 Å². The zero-order valence-corrected chi connectivity index (χ0v) is 11.7. The maximum atomic E-state index is 6.04. The van der Waals surface area contributed by atoms with Gasteiger partial charge in [0.1, 0.15) is 11.5 Å². The van der Waals surface area contributed by atoms with Gasteiger partial charge < -0.3 is 10.1 Å². The van der Waals surface area contributed by atoms with Gasteiger partial charge in [-0.1, -0.05) is 36.4 Å². The molecule has 0 aliphatic carbocycles. The van der Waals surface area contributed by atoms with Gasteiger partial charge in [0, 0.05) is 0 Å². The van der Waals surface area contributed by atoms with Gasteiger partial charge in [0.15, 0.2) is 0 Å². The Balaban J connectivity index is 1.74. The first kappa shape index (κ1) is 13.2. The summed E-state index contributed by atoms with van der Waals surface area (Å²) in [6.45, 7) is 2.29. The summed E-state index contributed by atoms with van der Waals surface area (Å²) in [5, 5.41) is 3.42. The van der Waals surface area contributed by atoms with Crippen LogP contribution in [0.15, 0.2) is 54.6 Å². The zero-order chi connectivity index (χ0) is 13.6. The van der Waals surface area contributed by atoms with Crippen molar-refractivity contribution in [3.63, 3.8) is 0 Å². The van der Waals surface area contributed by atoms with Crippen molar-refractivity contribution in [3.05, 3.63) is 60.2 Å². The molecule has 104 valence electrons. The lowest BCUT2D eigenvalue weighted by molar-refractivity contribution is 0.367. The lowest BCUT2D eigenvalue weighted by Gasteiger charge is -2.23. The maximum absolute atomic E-state index is 6.04. The third-order valence-corrected chi connectivity index (χ3v) is 3.91. The van der Waals surface area contributed by atoms with Crippen LogP contribution >= 0.6 is 0 Å². The number of nitrogens with one attached hydrogen (secondary N) is 1. The van der Waals surface area contributed by atoms with E-state index in [9.17, 15) is 0 Å². The van der Waals surface area contributed by atoms with Crippen LogP contribution in [0.3, 0.4) is 0 Å². The Morgan fingerprint density at radius 1 is 0.900 bits per heavy atom. The Bertz CT molecular complexity index is 532. The predicted octanol–water partition coefficient (Wildman–Crippen LogP) is 4.02. The summed E-state index contributed by atoms with van der Waals surface area (Å²) >= 11 is 0. The van der Waals surface area contributed by atoms with Crippen LogP contribution in [-0.4, -0.2) is 13.1 Å². The topological polar surface area (TPSA) is 21.3 Å². The molecule has 2 nitrogen and oxygen atoms in total. The number of hydrogen-bond acceptors (Lipinski definition) is 2. The van der Waals surface area contributed by atoms with Crippen molar-refractivity contribution in [2.24, 2.45) is 5.92 Å². The van der Waals surface area contributed by atoms with Crippen LogP contribution < -0.4 is 10.1 Å². The van der Waals surface area contributed by atoms with Crippen molar-refractivity contribution in [1.29, 1.82) is 0 Å². The molecular weight excluding hydrogens is 246 g/mol. The van der Waals surface area contributed by atoms with Crippen molar-refractivity contribution in [2.45, 2.75) is 19.3 Å². The first-order valence-corrected chi connectivity index (χ1v) is 7.43. The third kappa shape index (κ3) is 3.40. The zero-order valence-electron chi connectivity index (χ0n) is 11.7. The monoisotopic (exact) mass is 267 g/mol. The highest BCUT2D eigenvalue weighted by atomic mass is 16.5. The molecule has 0 aromatic heterocycles. The number of rotatable bonds is 4. The quantitative estimate of drug-likeness (QED) is 0.903. The Kier molecular flexibility index (Phi) is 4.34. The van der Waals surface area contributed by atoms with E-state index in [1.807, 2.05) is 36.4 Å². The van der Waals surface area contributed by atoms with Gasteiger partial charge in [0.2, 0.25) is 0 Å². The molecule has 1 heterocycles. The predicted molar refractivity (Wildman–Crippen MR) is 82.3 cm³/mol. The van der Waals surface area contributed by atoms with E-state index in [1.54, 1.807) is 0 Å². The van der Waals surface area contributed by atoms with E-state index in [0.29, 0.717) is 0 Å². The molecule has 0 unspecified atom stereocenters. The Morgan fingerprint density at radius 2 is 1.60 bits per heavy atom. The van der Waals surface area contributed by atoms with Crippen LogP contribution in [0, 0.1) is 5.92 Å². The molecule has 2 aromatic rings. The van der Waals surface area contributed by atoms with Crippen LogP contribution in [-0.2, 0) is 6.42 Å². The standard InChI is InChI=1S/C18H21NO/c1-2-7-17(8-3-1)20-18-9-5-4-6-16(18)14-15-10-12-19-13-11-15/h1-9,15,19H,10-14H2. The minimum atomic E-state index is 0.775. The lowest BCUT2D eigenvalue weighted by atomic mass is 9.90. The SMILES string of the molecule is c1ccc(Oc2ccccc2CC2CCNCC2)cc1. The van der Waals surface area contributed by atoms with E-state index in [0.717, 1.165) is 36.9 Å². The molecule has 1 aliphatic heterocycles. The van der Waals surface area contributed by atoms with E-state index in [1.165, 1.54) is 18.4 Å². The Hall–Kier alpha value is -1.80. The van der Waals surface area contributed by atoms with Gasteiger partial charge >= 0.3 is 0 Å². The normalized spacial score (nSPS) is 16.0. The van der Waals surface area contributed by atoms with Gasteiger partial charge in [0.25, 0.3) is 0 Å². The van der Waals surface area contributed by atoms with Gasteiger partial charge in [-0.25, -0.2) is 0 Å². The number of hydrogen-bond donors (Lipinski definition) is 1. The molecule has 1 saturated heterocycles. The maximum Gasteiger partial charge on any atom is 0.130 e. The minimum Gasteiger partial charge on any atom is -0.457 e. The molecule has 1 N–H and O–H groups in total. The summed E-state index contributed by atoms with van der Waals surface area (Å²) in [5.41, 5.74) is 1.32. The fraction of sp³-hybridized carbons (Fsp3) is 0.333. The number of benzene rings is 2. The minimum absolute atomic E-state index is 0.775. The fourth-order valence-electron chi connectivity index (χ4n) is 2.78. The summed E-state index contributed by atoms with van der Waals surface area (Å²) < 4.78 is 6.04. The summed E-state index contributed by atoms with van der Waals surface area (Å²) in [6.07, 6.45) is 3.64. The van der Waals surface area contributed by atoms with Gasteiger partial charge in [-0.3, -0.25) is 0 Å². The summed E-state index contributed by atoms with van der Waals surface area (Å²) in [7, 11) is 0. The van der Waals surface area contributed by atoms with Crippen molar-refractivity contribution in [3.8, 4) is 11.5 Å². The van der Waals surface area contributed by atoms with E-state index < -0.39 is 0 Å². The van der Waals surface area contributed by atoms with Crippen molar-refractivity contribution >= 4 is 0 Å². The molecule has 2 aromatic carbocycles. The van der Waals surface area contributed by atoms with Crippen molar-refractivity contribution in [1.82, 2.24) is 5.32 Å². The molecule has 0 saturated carbocycles. The van der Waals surface area contributed by atoms with E-state index in [-0.39, 0.29) is 0 Å². The first-order valence-electron chi connectivity index (χ1n) is 7.43. The van der Waals surface area contributed by atoms with Crippen LogP contribution in [0.4, 0.5) is 0 Å². The van der Waals surface area contributed by atoms with E-state index >= 15 is 0 Å². The second-order valence-electron chi connectivity index (χ2n) is 5.42. The third-order valence-electron chi connectivity index (χ3n) is 3.91. The van der Waals surface area contributed by atoms with Crippen LogP contribution in [0.1, 0.15) is 18.4 Å². The molecule has 20 heavy (non-hydrogen) atoms. The molecule has 1 aliphatic rings. The average Bonchev–Trinajstić information content (AvgIpc) is 2.51. The molecule has 0 radical (unpaired) electrons. The van der Waals surface area contributed by atoms with Gasteiger partial charge in [-0.15, -0.1) is 0 Å². The highest BCUT2D eigenvalue weighted by molar-refractivity contribution is 5.38. The first-order chi connectivity index (χ1) is 9.92. The molecule has 0 amide bonds. The van der Waals surface area contributed by atoms with Crippen LogP contribution in [0.25, 0.3) is 0 Å². The average molecular weight is 267 g/mol. The highest BCUT2D eigenvalue weighted by Crippen LogP contribution is 2.28. The highest BCUT2D eigenvalue weighted by Gasteiger charge is 2.15. The van der Waals surface area contributed by atoms with Gasteiger partial charge in [0.05, 0.1) is 0 Å². The van der Waals surface area contributed by atoms with Crippen molar-refractivity contribution < 1.29 is 4.74 Å².